The minimum Gasteiger partial charge on any atom is -0.479 e. The molecule has 0 spiro atoms. The van der Waals surface area contributed by atoms with Crippen LogP contribution in [-0.4, -0.2) is 56.6 Å². The topological polar surface area (TPSA) is 96.9 Å². The standard InChI is InChI=1S/C12H22N2O5/c1-12(3-5-19-6-4-12)8-14-11(17)13-7-9(18-2)10(15)16/h9H,3-8H2,1-2H3,(H,15,16)(H2,13,14,17). The number of carbonyl (C=O) groups is 2. The van der Waals surface area contributed by atoms with Crippen molar-refractivity contribution < 1.29 is 24.2 Å². The smallest absolute Gasteiger partial charge is 0.334 e. The SMILES string of the molecule is COC(CNC(=O)NCC1(C)CCOCC1)C(=O)O. The molecule has 3 N–H and O–H groups in total. The van der Waals surface area contributed by atoms with Crippen LogP contribution in [0.2, 0.25) is 0 Å². The molecule has 0 aliphatic carbocycles. The van der Waals surface area contributed by atoms with Crippen LogP contribution in [-0.2, 0) is 14.3 Å². The van der Waals surface area contributed by atoms with E-state index < -0.39 is 12.1 Å². The first-order valence-electron chi connectivity index (χ1n) is 6.32. The fraction of sp³-hybridized carbons (Fsp3) is 0.833. The number of hydrogen-bond donors (Lipinski definition) is 3. The molecular formula is C12H22N2O5. The number of urea groups is 1. The zero-order valence-corrected chi connectivity index (χ0v) is 11.4. The monoisotopic (exact) mass is 274 g/mol. The number of carbonyl (C=O) groups excluding carboxylic acids is 1. The van der Waals surface area contributed by atoms with E-state index in [-0.39, 0.29) is 18.0 Å². The van der Waals surface area contributed by atoms with Crippen molar-refractivity contribution in [2.75, 3.05) is 33.4 Å². The Balaban J connectivity index is 2.25. The van der Waals surface area contributed by atoms with Crippen molar-refractivity contribution in [1.29, 1.82) is 0 Å². The molecule has 110 valence electrons. The molecule has 0 aromatic carbocycles. The van der Waals surface area contributed by atoms with Gasteiger partial charge >= 0.3 is 12.0 Å². The Kier molecular flexibility index (Phi) is 6.04. The third kappa shape index (κ3) is 5.44. The Morgan fingerprint density at radius 3 is 2.53 bits per heavy atom. The predicted octanol–water partition coefficient (Wildman–Crippen LogP) is 0.202. The van der Waals surface area contributed by atoms with E-state index in [4.69, 9.17) is 14.6 Å². The summed E-state index contributed by atoms with van der Waals surface area (Å²) in [4.78, 5) is 22.3. The largest absolute Gasteiger partial charge is 0.479 e. The summed E-state index contributed by atoms with van der Waals surface area (Å²) in [6, 6.07) is -0.379. The van der Waals surface area contributed by atoms with Crippen LogP contribution in [0.5, 0.6) is 0 Å². The van der Waals surface area contributed by atoms with Crippen molar-refractivity contribution in [2.45, 2.75) is 25.9 Å². The first-order chi connectivity index (χ1) is 8.97. The summed E-state index contributed by atoms with van der Waals surface area (Å²) in [6.45, 7) is 4.02. The van der Waals surface area contributed by atoms with Crippen molar-refractivity contribution in [1.82, 2.24) is 10.6 Å². The third-order valence-electron chi connectivity index (χ3n) is 3.38. The zero-order chi connectivity index (χ0) is 14.3. The Morgan fingerprint density at radius 2 is 2.00 bits per heavy atom. The van der Waals surface area contributed by atoms with Gasteiger partial charge in [-0.25, -0.2) is 9.59 Å². The second-order valence-electron chi connectivity index (χ2n) is 5.05. The van der Waals surface area contributed by atoms with E-state index in [9.17, 15) is 9.59 Å². The number of methoxy groups -OCH3 is 1. The predicted molar refractivity (Wildman–Crippen MR) is 68.0 cm³/mol. The van der Waals surface area contributed by atoms with Crippen molar-refractivity contribution in [3.8, 4) is 0 Å². The van der Waals surface area contributed by atoms with Gasteiger partial charge in [-0.15, -0.1) is 0 Å². The van der Waals surface area contributed by atoms with Gasteiger partial charge in [-0.3, -0.25) is 0 Å². The van der Waals surface area contributed by atoms with Crippen LogP contribution in [0.3, 0.4) is 0 Å². The summed E-state index contributed by atoms with van der Waals surface area (Å²) >= 11 is 0. The molecule has 19 heavy (non-hydrogen) atoms. The van der Waals surface area contributed by atoms with E-state index in [1.54, 1.807) is 0 Å². The highest BCUT2D eigenvalue weighted by atomic mass is 16.5. The van der Waals surface area contributed by atoms with Crippen molar-refractivity contribution in [2.24, 2.45) is 5.41 Å². The summed E-state index contributed by atoms with van der Waals surface area (Å²) in [6.07, 6.45) is 0.788. The van der Waals surface area contributed by atoms with Crippen molar-refractivity contribution in [3.05, 3.63) is 0 Å². The van der Waals surface area contributed by atoms with Crippen LogP contribution in [0, 0.1) is 5.41 Å². The molecule has 7 nitrogen and oxygen atoms in total. The van der Waals surface area contributed by atoms with Gasteiger partial charge in [-0.1, -0.05) is 6.92 Å². The normalized spacial score (nSPS) is 19.5. The van der Waals surface area contributed by atoms with Gasteiger partial charge in [-0.2, -0.15) is 0 Å². The van der Waals surface area contributed by atoms with Crippen molar-refractivity contribution >= 4 is 12.0 Å². The molecule has 2 amide bonds. The van der Waals surface area contributed by atoms with Gasteiger partial charge in [0, 0.05) is 26.9 Å². The lowest BCUT2D eigenvalue weighted by molar-refractivity contribution is -0.147. The molecule has 1 unspecified atom stereocenters. The summed E-state index contributed by atoms with van der Waals surface area (Å²) in [5, 5.41) is 14.0. The van der Waals surface area contributed by atoms with E-state index in [1.165, 1.54) is 7.11 Å². The minimum atomic E-state index is -1.10. The molecule has 1 rings (SSSR count). The lowest BCUT2D eigenvalue weighted by Gasteiger charge is -2.33. The zero-order valence-electron chi connectivity index (χ0n) is 11.4. The first kappa shape index (κ1) is 15.7. The van der Waals surface area contributed by atoms with Crippen LogP contribution >= 0.6 is 0 Å². The molecule has 0 saturated carbocycles. The van der Waals surface area contributed by atoms with Gasteiger partial charge in [0.05, 0.1) is 6.54 Å². The minimum absolute atomic E-state index is 0.0447. The number of rotatable bonds is 6. The van der Waals surface area contributed by atoms with E-state index in [0.717, 1.165) is 12.8 Å². The molecule has 1 fully saturated rings. The Labute approximate surface area is 112 Å². The number of nitrogens with one attached hydrogen (secondary N) is 2. The maximum absolute atomic E-state index is 11.6. The molecule has 1 aliphatic rings. The van der Waals surface area contributed by atoms with E-state index >= 15 is 0 Å². The Hall–Kier alpha value is -1.34. The molecule has 0 aromatic rings. The number of ether oxygens (including phenoxy) is 2. The number of hydrogen-bond acceptors (Lipinski definition) is 4. The summed E-state index contributed by atoms with van der Waals surface area (Å²) in [5.41, 5.74) is 0.0447. The molecule has 1 heterocycles. The van der Waals surface area contributed by atoms with Crippen LogP contribution in [0.15, 0.2) is 0 Å². The van der Waals surface area contributed by atoms with E-state index in [1.807, 2.05) is 0 Å². The fourth-order valence-electron chi connectivity index (χ4n) is 1.85. The molecule has 7 heteroatoms. The van der Waals surface area contributed by atoms with Gasteiger partial charge in [-0.05, 0) is 18.3 Å². The maximum Gasteiger partial charge on any atom is 0.334 e. The average molecular weight is 274 g/mol. The van der Waals surface area contributed by atoms with Crippen molar-refractivity contribution in [3.63, 3.8) is 0 Å². The number of amides is 2. The van der Waals surface area contributed by atoms with E-state index in [2.05, 4.69) is 17.6 Å². The van der Waals surface area contributed by atoms with Crippen LogP contribution in [0.25, 0.3) is 0 Å². The second kappa shape index (κ2) is 7.30. The molecule has 0 radical (unpaired) electrons. The second-order valence-corrected chi connectivity index (χ2v) is 5.05. The van der Waals surface area contributed by atoms with Gasteiger partial charge in [0.2, 0.25) is 0 Å². The summed E-state index contributed by atoms with van der Waals surface area (Å²) in [7, 11) is 1.29. The van der Waals surface area contributed by atoms with Gasteiger partial charge in [0.1, 0.15) is 0 Å². The first-order valence-corrected chi connectivity index (χ1v) is 6.32. The summed E-state index contributed by atoms with van der Waals surface area (Å²) < 4.78 is 10.00. The number of aliphatic carboxylic acids is 1. The van der Waals surface area contributed by atoms with Gasteiger partial charge in [0.15, 0.2) is 6.10 Å². The highest BCUT2D eigenvalue weighted by molar-refractivity contribution is 5.76. The Morgan fingerprint density at radius 1 is 1.37 bits per heavy atom. The fourth-order valence-corrected chi connectivity index (χ4v) is 1.85. The molecule has 1 aliphatic heterocycles. The van der Waals surface area contributed by atoms with Gasteiger partial charge < -0.3 is 25.2 Å². The number of carboxylic acids is 1. The summed E-state index contributed by atoms with van der Waals surface area (Å²) in [5.74, 6) is -1.10. The average Bonchev–Trinajstić information content (AvgIpc) is 2.38. The lowest BCUT2D eigenvalue weighted by Crippen LogP contribution is -2.46. The van der Waals surface area contributed by atoms with Crippen LogP contribution in [0.4, 0.5) is 4.79 Å². The van der Waals surface area contributed by atoms with Gasteiger partial charge in [0.25, 0.3) is 0 Å². The Bertz CT molecular complexity index is 315. The molecule has 1 saturated heterocycles. The quantitative estimate of drug-likeness (QED) is 0.643. The molecule has 0 bridgehead atoms. The van der Waals surface area contributed by atoms with Crippen LogP contribution in [0.1, 0.15) is 19.8 Å². The lowest BCUT2D eigenvalue weighted by atomic mass is 9.82. The van der Waals surface area contributed by atoms with Crippen LogP contribution < -0.4 is 10.6 Å². The van der Waals surface area contributed by atoms with E-state index in [0.29, 0.717) is 19.8 Å². The number of carboxylic acid groups (broad SMARTS) is 1. The maximum atomic E-state index is 11.6. The molecular weight excluding hydrogens is 252 g/mol. The highest BCUT2D eigenvalue weighted by Gasteiger charge is 2.27. The third-order valence-corrected chi connectivity index (χ3v) is 3.38. The highest BCUT2D eigenvalue weighted by Crippen LogP contribution is 2.28. The molecule has 1 atom stereocenters. The molecule has 0 aromatic heterocycles.